The first-order valence-electron chi connectivity index (χ1n) is 11.0. The molecule has 0 amide bonds. The van der Waals surface area contributed by atoms with Crippen LogP contribution in [0.2, 0.25) is 0 Å². The fraction of sp³-hybridized carbons (Fsp3) is 0.385. The highest BCUT2D eigenvalue weighted by molar-refractivity contribution is 5.84. The average molecular weight is 448 g/mol. The van der Waals surface area contributed by atoms with Crippen LogP contribution in [-0.4, -0.2) is 6.36 Å². The summed E-state index contributed by atoms with van der Waals surface area (Å²) >= 11 is 0. The summed E-state index contributed by atoms with van der Waals surface area (Å²) in [5, 5.41) is 2.27. The Balaban J connectivity index is 1.56. The van der Waals surface area contributed by atoms with Gasteiger partial charge in [0.1, 0.15) is 0 Å². The Morgan fingerprint density at radius 3 is 2.47 bits per heavy atom. The second-order valence-corrected chi connectivity index (χ2v) is 8.52. The maximum absolute atomic E-state index is 14.6. The fourth-order valence-corrected chi connectivity index (χ4v) is 4.62. The van der Waals surface area contributed by atoms with Crippen LogP contribution in [-0.2, 0) is 19.3 Å². The largest absolute Gasteiger partial charge is 0.573 e. The molecule has 6 heteroatoms. The zero-order valence-corrected chi connectivity index (χ0v) is 17.9. The summed E-state index contributed by atoms with van der Waals surface area (Å²) in [6.45, 7) is 2.18. The number of halogens is 5. The Bertz CT molecular complexity index is 1120. The van der Waals surface area contributed by atoms with Gasteiger partial charge in [0.25, 0.3) is 0 Å². The molecule has 0 heterocycles. The smallest absolute Gasteiger partial charge is 0.399 e. The van der Waals surface area contributed by atoms with Crippen molar-refractivity contribution < 1.29 is 26.7 Å². The molecule has 3 aromatic carbocycles. The Morgan fingerprint density at radius 1 is 0.969 bits per heavy atom. The van der Waals surface area contributed by atoms with E-state index in [0.29, 0.717) is 18.4 Å². The molecular weight excluding hydrogens is 423 g/mol. The van der Waals surface area contributed by atoms with Crippen LogP contribution < -0.4 is 4.74 Å². The second kappa shape index (κ2) is 9.08. The number of hydrogen-bond acceptors (Lipinski definition) is 1. The minimum absolute atomic E-state index is 0.0457. The van der Waals surface area contributed by atoms with E-state index in [0.717, 1.165) is 28.8 Å². The van der Waals surface area contributed by atoms with Gasteiger partial charge in [0.15, 0.2) is 11.6 Å². The van der Waals surface area contributed by atoms with E-state index in [1.165, 1.54) is 24.8 Å². The van der Waals surface area contributed by atoms with E-state index >= 15 is 0 Å². The van der Waals surface area contributed by atoms with Crippen LogP contribution >= 0.6 is 0 Å². The lowest BCUT2D eigenvalue weighted by Gasteiger charge is -2.26. The molecular formula is C26H25F5O. The van der Waals surface area contributed by atoms with Crippen molar-refractivity contribution in [2.45, 2.75) is 64.1 Å². The van der Waals surface area contributed by atoms with Crippen LogP contribution in [0.25, 0.3) is 10.8 Å². The van der Waals surface area contributed by atoms with Crippen molar-refractivity contribution in [1.29, 1.82) is 0 Å². The number of alkyl halides is 3. The summed E-state index contributed by atoms with van der Waals surface area (Å²) in [6, 6.07) is 13.7. The van der Waals surface area contributed by atoms with Gasteiger partial charge >= 0.3 is 6.36 Å². The summed E-state index contributed by atoms with van der Waals surface area (Å²) in [6.07, 6.45) is 0.657. The highest BCUT2D eigenvalue weighted by atomic mass is 19.4. The number of fused-ring (bicyclic) bond motifs is 2. The first kappa shape index (κ1) is 22.6. The number of aryl methyl sites for hydroxylation is 1. The molecule has 0 saturated heterocycles. The number of unbranched alkanes of at least 4 members (excludes halogenated alkanes) is 2. The van der Waals surface area contributed by atoms with Gasteiger partial charge in [0, 0.05) is 0 Å². The molecule has 0 aromatic heterocycles. The number of benzene rings is 3. The van der Waals surface area contributed by atoms with Crippen LogP contribution in [0.15, 0.2) is 42.5 Å². The van der Waals surface area contributed by atoms with E-state index in [-0.39, 0.29) is 17.9 Å². The molecule has 1 aliphatic rings. The Kier molecular flexibility index (Phi) is 6.40. The third-order valence-electron chi connectivity index (χ3n) is 6.27. The van der Waals surface area contributed by atoms with Crippen LogP contribution in [0, 0.1) is 11.6 Å². The van der Waals surface area contributed by atoms with Crippen LogP contribution in [0.5, 0.6) is 5.75 Å². The van der Waals surface area contributed by atoms with Gasteiger partial charge in [-0.3, -0.25) is 0 Å². The zero-order valence-electron chi connectivity index (χ0n) is 17.9. The fourth-order valence-electron chi connectivity index (χ4n) is 4.62. The Labute approximate surface area is 184 Å². The van der Waals surface area contributed by atoms with E-state index in [1.807, 2.05) is 6.07 Å². The summed E-state index contributed by atoms with van der Waals surface area (Å²) in [5.41, 5.74) is 2.89. The highest BCUT2D eigenvalue weighted by Gasteiger charge is 2.36. The zero-order chi connectivity index (χ0) is 22.9. The van der Waals surface area contributed by atoms with Crippen LogP contribution in [0.4, 0.5) is 22.0 Å². The molecule has 0 aliphatic heterocycles. The van der Waals surface area contributed by atoms with Crippen molar-refractivity contribution in [1.82, 2.24) is 0 Å². The quantitative estimate of drug-likeness (QED) is 0.274. The molecule has 0 N–H and O–H groups in total. The lowest BCUT2D eigenvalue weighted by atomic mass is 9.79. The first-order valence-corrected chi connectivity index (χ1v) is 11.0. The monoisotopic (exact) mass is 448 g/mol. The molecule has 1 nitrogen and oxygen atoms in total. The maximum Gasteiger partial charge on any atom is 0.573 e. The molecule has 0 radical (unpaired) electrons. The minimum Gasteiger partial charge on any atom is -0.399 e. The summed E-state index contributed by atoms with van der Waals surface area (Å²) in [4.78, 5) is 0. The SMILES string of the molecule is CCCCCc1ccc2cc(C3CCc4c(cc(F)c(OC(F)(F)F)c4F)C3)ccc2c1. The van der Waals surface area contributed by atoms with Crippen LogP contribution in [0.1, 0.15) is 60.8 Å². The van der Waals surface area contributed by atoms with Gasteiger partial charge in [-0.1, -0.05) is 56.2 Å². The van der Waals surface area contributed by atoms with Gasteiger partial charge in [-0.2, -0.15) is 0 Å². The van der Waals surface area contributed by atoms with Crippen LogP contribution in [0.3, 0.4) is 0 Å². The van der Waals surface area contributed by atoms with E-state index < -0.39 is 23.7 Å². The third kappa shape index (κ3) is 4.89. The van der Waals surface area contributed by atoms with Gasteiger partial charge < -0.3 is 4.74 Å². The molecule has 0 spiro atoms. The van der Waals surface area contributed by atoms with E-state index in [2.05, 4.69) is 42.0 Å². The molecule has 3 aromatic rings. The van der Waals surface area contributed by atoms with Crippen molar-refractivity contribution in [3.8, 4) is 5.75 Å². The molecule has 0 bridgehead atoms. The minimum atomic E-state index is -5.14. The number of ether oxygens (including phenoxy) is 1. The summed E-state index contributed by atoms with van der Waals surface area (Å²) in [7, 11) is 0. The predicted molar refractivity (Wildman–Crippen MR) is 115 cm³/mol. The lowest BCUT2D eigenvalue weighted by Crippen LogP contribution is -2.21. The maximum atomic E-state index is 14.6. The normalized spacial score (nSPS) is 16.2. The molecule has 0 saturated carbocycles. The lowest BCUT2D eigenvalue weighted by molar-refractivity contribution is -0.276. The second-order valence-electron chi connectivity index (χ2n) is 8.52. The van der Waals surface area contributed by atoms with Gasteiger partial charge in [-0.05, 0) is 77.1 Å². The van der Waals surface area contributed by atoms with Crippen molar-refractivity contribution in [3.63, 3.8) is 0 Å². The summed E-state index contributed by atoms with van der Waals surface area (Å²) in [5.74, 6) is -3.89. The summed E-state index contributed by atoms with van der Waals surface area (Å²) < 4.78 is 69.8. The Hall–Kier alpha value is -2.63. The van der Waals surface area contributed by atoms with Gasteiger partial charge in [-0.15, -0.1) is 13.2 Å². The number of hydrogen-bond donors (Lipinski definition) is 0. The van der Waals surface area contributed by atoms with E-state index in [1.54, 1.807) is 0 Å². The van der Waals surface area contributed by atoms with Gasteiger partial charge in [0.05, 0.1) is 0 Å². The third-order valence-corrected chi connectivity index (χ3v) is 6.27. The van der Waals surface area contributed by atoms with Gasteiger partial charge in [-0.25, -0.2) is 8.78 Å². The van der Waals surface area contributed by atoms with Crippen molar-refractivity contribution in [2.24, 2.45) is 0 Å². The van der Waals surface area contributed by atoms with Crippen molar-refractivity contribution in [3.05, 3.63) is 76.4 Å². The topological polar surface area (TPSA) is 9.23 Å². The van der Waals surface area contributed by atoms with Crippen molar-refractivity contribution in [2.75, 3.05) is 0 Å². The Morgan fingerprint density at radius 2 is 1.72 bits per heavy atom. The molecule has 1 atom stereocenters. The van der Waals surface area contributed by atoms with E-state index in [9.17, 15) is 22.0 Å². The molecule has 1 aliphatic carbocycles. The molecule has 4 rings (SSSR count). The standard InChI is InChI=1S/C26H25F5O/c1-2-3-4-5-16-6-7-18-13-19(9-8-17(18)12-16)20-10-11-22-21(14-20)15-23(27)25(24(22)28)32-26(29,30)31/h6-9,12-13,15,20H,2-5,10-11,14H2,1H3. The number of rotatable bonds is 6. The average Bonchev–Trinajstić information content (AvgIpc) is 2.75. The first-order chi connectivity index (χ1) is 15.2. The molecule has 0 fully saturated rings. The van der Waals surface area contributed by atoms with Gasteiger partial charge in [0.2, 0.25) is 5.75 Å². The molecule has 1 unspecified atom stereocenters. The highest BCUT2D eigenvalue weighted by Crippen LogP contribution is 2.39. The van der Waals surface area contributed by atoms with E-state index in [4.69, 9.17) is 0 Å². The van der Waals surface area contributed by atoms with Crippen molar-refractivity contribution >= 4 is 10.8 Å². The molecule has 32 heavy (non-hydrogen) atoms. The predicted octanol–water partition coefficient (Wildman–Crippen LogP) is 8.02. The molecule has 170 valence electrons.